The summed E-state index contributed by atoms with van der Waals surface area (Å²) in [5, 5.41) is 11.5. The minimum Gasteiger partial charge on any atom is -0.480 e. The Kier molecular flexibility index (Phi) is 3.50. The van der Waals surface area contributed by atoms with Crippen LogP contribution >= 0.6 is 0 Å². The standard InChI is InChI=1S/C11H17N3O/c1-15-11-5-4-10(13-14-11)7-9-3-2-6-12-8-9/h4-5,9,12H,2-3,6-8H2,1H3. The fourth-order valence-corrected chi connectivity index (χ4v) is 1.96. The molecule has 4 heteroatoms. The molecule has 0 bridgehead atoms. The maximum atomic E-state index is 4.97. The second-order valence-corrected chi connectivity index (χ2v) is 3.98. The Morgan fingerprint density at radius 2 is 2.40 bits per heavy atom. The van der Waals surface area contributed by atoms with E-state index in [-0.39, 0.29) is 0 Å². The van der Waals surface area contributed by atoms with Crippen molar-refractivity contribution in [1.82, 2.24) is 15.5 Å². The van der Waals surface area contributed by atoms with Crippen molar-refractivity contribution in [3.8, 4) is 5.88 Å². The van der Waals surface area contributed by atoms with Crippen LogP contribution in [-0.4, -0.2) is 30.4 Å². The predicted octanol–water partition coefficient (Wildman–Crippen LogP) is 1.03. The highest BCUT2D eigenvalue weighted by Gasteiger charge is 2.14. The lowest BCUT2D eigenvalue weighted by Crippen LogP contribution is -2.31. The van der Waals surface area contributed by atoms with Gasteiger partial charge in [-0.25, -0.2) is 0 Å². The highest BCUT2D eigenvalue weighted by molar-refractivity contribution is 5.11. The smallest absolute Gasteiger partial charge is 0.233 e. The van der Waals surface area contributed by atoms with Gasteiger partial charge in [0.25, 0.3) is 0 Å². The zero-order valence-corrected chi connectivity index (χ0v) is 9.07. The van der Waals surface area contributed by atoms with E-state index in [1.54, 1.807) is 7.11 Å². The van der Waals surface area contributed by atoms with Gasteiger partial charge >= 0.3 is 0 Å². The molecule has 0 aliphatic carbocycles. The number of aromatic nitrogens is 2. The summed E-state index contributed by atoms with van der Waals surface area (Å²) in [6.45, 7) is 2.26. The van der Waals surface area contributed by atoms with E-state index in [1.165, 1.54) is 12.8 Å². The molecule has 0 aromatic carbocycles. The molecule has 0 radical (unpaired) electrons. The van der Waals surface area contributed by atoms with E-state index >= 15 is 0 Å². The SMILES string of the molecule is COc1ccc(CC2CCCNC2)nn1. The molecule has 82 valence electrons. The number of hydrogen-bond acceptors (Lipinski definition) is 4. The fraction of sp³-hybridized carbons (Fsp3) is 0.636. The molecular formula is C11H17N3O. The lowest BCUT2D eigenvalue weighted by atomic mass is 9.95. The third-order valence-corrected chi connectivity index (χ3v) is 2.80. The first-order valence-corrected chi connectivity index (χ1v) is 5.46. The van der Waals surface area contributed by atoms with Gasteiger partial charge in [-0.15, -0.1) is 5.10 Å². The van der Waals surface area contributed by atoms with Gasteiger partial charge in [0.1, 0.15) is 0 Å². The molecule has 1 aliphatic heterocycles. The molecule has 1 saturated heterocycles. The maximum Gasteiger partial charge on any atom is 0.233 e. The Morgan fingerprint density at radius 1 is 1.47 bits per heavy atom. The van der Waals surface area contributed by atoms with Crippen molar-refractivity contribution in [1.29, 1.82) is 0 Å². The number of ether oxygens (including phenoxy) is 1. The number of nitrogens with one attached hydrogen (secondary N) is 1. The van der Waals surface area contributed by atoms with E-state index < -0.39 is 0 Å². The number of piperidine rings is 1. The summed E-state index contributed by atoms with van der Waals surface area (Å²) in [4.78, 5) is 0. The van der Waals surface area contributed by atoms with E-state index in [1.807, 2.05) is 12.1 Å². The molecule has 0 amide bonds. The minimum atomic E-state index is 0.584. The van der Waals surface area contributed by atoms with E-state index in [2.05, 4.69) is 15.5 Å². The molecule has 1 atom stereocenters. The molecule has 1 aliphatic rings. The average molecular weight is 207 g/mol. The third kappa shape index (κ3) is 2.89. The van der Waals surface area contributed by atoms with Crippen LogP contribution in [0.2, 0.25) is 0 Å². The van der Waals surface area contributed by atoms with Crippen molar-refractivity contribution in [2.24, 2.45) is 5.92 Å². The molecule has 2 rings (SSSR count). The summed E-state index contributed by atoms with van der Waals surface area (Å²) in [5.41, 5.74) is 1.06. The van der Waals surface area contributed by atoms with Gasteiger partial charge in [-0.05, 0) is 44.3 Å². The Bertz CT molecular complexity index is 293. The summed E-state index contributed by atoms with van der Waals surface area (Å²) >= 11 is 0. The van der Waals surface area contributed by atoms with Gasteiger partial charge in [0, 0.05) is 6.07 Å². The highest BCUT2D eigenvalue weighted by Crippen LogP contribution is 2.15. The van der Waals surface area contributed by atoms with Gasteiger partial charge in [-0.1, -0.05) is 0 Å². The summed E-state index contributed by atoms with van der Waals surface area (Å²) in [5.74, 6) is 1.29. The molecule has 4 nitrogen and oxygen atoms in total. The lowest BCUT2D eigenvalue weighted by molar-refractivity contribution is 0.368. The molecule has 1 aromatic heterocycles. The first kappa shape index (κ1) is 10.4. The highest BCUT2D eigenvalue weighted by atomic mass is 16.5. The van der Waals surface area contributed by atoms with Gasteiger partial charge in [-0.2, -0.15) is 5.10 Å². The van der Waals surface area contributed by atoms with Crippen LogP contribution in [0, 0.1) is 5.92 Å². The maximum absolute atomic E-state index is 4.97. The second-order valence-electron chi connectivity index (χ2n) is 3.98. The first-order chi connectivity index (χ1) is 7.38. The number of hydrogen-bond donors (Lipinski definition) is 1. The monoisotopic (exact) mass is 207 g/mol. The number of nitrogens with zero attached hydrogens (tertiary/aromatic N) is 2. The Labute approximate surface area is 90.1 Å². The zero-order chi connectivity index (χ0) is 10.5. The van der Waals surface area contributed by atoms with Gasteiger partial charge in [0.2, 0.25) is 5.88 Å². The average Bonchev–Trinajstić information content (AvgIpc) is 2.31. The fourth-order valence-electron chi connectivity index (χ4n) is 1.96. The predicted molar refractivity (Wildman–Crippen MR) is 57.9 cm³/mol. The number of rotatable bonds is 3. The summed E-state index contributed by atoms with van der Waals surface area (Å²) < 4.78 is 4.97. The Hall–Kier alpha value is -1.16. The van der Waals surface area contributed by atoms with Gasteiger partial charge < -0.3 is 10.1 Å². The van der Waals surface area contributed by atoms with Crippen molar-refractivity contribution < 1.29 is 4.74 Å². The van der Waals surface area contributed by atoms with Crippen LogP contribution in [0.15, 0.2) is 12.1 Å². The van der Waals surface area contributed by atoms with Crippen LogP contribution in [0.25, 0.3) is 0 Å². The van der Waals surface area contributed by atoms with Gasteiger partial charge in [0.05, 0.1) is 12.8 Å². The van der Waals surface area contributed by atoms with Crippen molar-refractivity contribution in [3.63, 3.8) is 0 Å². The van der Waals surface area contributed by atoms with Crippen LogP contribution in [0.1, 0.15) is 18.5 Å². The lowest BCUT2D eigenvalue weighted by Gasteiger charge is -2.21. The molecule has 1 N–H and O–H groups in total. The van der Waals surface area contributed by atoms with E-state index in [0.717, 1.165) is 25.2 Å². The van der Waals surface area contributed by atoms with Gasteiger partial charge in [-0.3, -0.25) is 0 Å². The van der Waals surface area contributed by atoms with Crippen molar-refractivity contribution in [2.75, 3.05) is 20.2 Å². The second kappa shape index (κ2) is 5.07. The molecule has 0 saturated carbocycles. The molecule has 1 fully saturated rings. The quantitative estimate of drug-likeness (QED) is 0.804. The van der Waals surface area contributed by atoms with Crippen LogP contribution in [-0.2, 0) is 6.42 Å². The van der Waals surface area contributed by atoms with Crippen molar-refractivity contribution in [3.05, 3.63) is 17.8 Å². The van der Waals surface area contributed by atoms with E-state index in [9.17, 15) is 0 Å². The van der Waals surface area contributed by atoms with Crippen LogP contribution in [0.3, 0.4) is 0 Å². The van der Waals surface area contributed by atoms with Crippen LogP contribution < -0.4 is 10.1 Å². The van der Waals surface area contributed by atoms with Crippen molar-refractivity contribution >= 4 is 0 Å². The third-order valence-electron chi connectivity index (χ3n) is 2.80. The van der Waals surface area contributed by atoms with E-state index in [4.69, 9.17) is 4.74 Å². The topological polar surface area (TPSA) is 47.0 Å². The summed E-state index contributed by atoms with van der Waals surface area (Å²) in [6.07, 6.45) is 3.58. The first-order valence-electron chi connectivity index (χ1n) is 5.46. The molecule has 1 aromatic rings. The normalized spacial score (nSPS) is 21.3. The summed E-state index contributed by atoms with van der Waals surface area (Å²) in [6, 6.07) is 3.87. The van der Waals surface area contributed by atoms with Crippen molar-refractivity contribution in [2.45, 2.75) is 19.3 Å². The largest absolute Gasteiger partial charge is 0.480 e. The molecule has 0 spiro atoms. The Balaban J connectivity index is 1.91. The minimum absolute atomic E-state index is 0.584. The molecule has 15 heavy (non-hydrogen) atoms. The molecule has 2 heterocycles. The van der Waals surface area contributed by atoms with Crippen LogP contribution in [0.5, 0.6) is 5.88 Å². The van der Waals surface area contributed by atoms with Gasteiger partial charge in [0.15, 0.2) is 0 Å². The Morgan fingerprint density at radius 3 is 3.00 bits per heavy atom. The molecular weight excluding hydrogens is 190 g/mol. The van der Waals surface area contributed by atoms with Crippen LogP contribution in [0.4, 0.5) is 0 Å². The van der Waals surface area contributed by atoms with E-state index in [0.29, 0.717) is 11.8 Å². The number of methoxy groups -OCH3 is 1. The summed E-state index contributed by atoms with van der Waals surface area (Å²) in [7, 11) is 1.61. The molecule has 1 unspecified atom stereocenters. The zero-order valence-electron chi connectivity index (χ0n) is 9.07.